The highest BCUT2D eigenvalue weighted by Gasteiger charge is 2.48. The lowest BCUT2D eigenvalue weighted by atomic mass is 9.54. The fraction of sp³-hybridized carbons (Fsp3) is 0.632. The van der Waals surface area contributed by atoms with E-state index in [1.165, 1.54) is 31.4 Å². The zero-order valence-electron chi connectivity index (χ0n) is 15.0. The van der Waals surface area contributed by atoms with Crippen LogP contribution in [0.4, 0.5) is 18.0 Å². The number of alkyl halides is 3. The predicted octanol–water partition coefficient (Wildman–Crippen LogP) is 4.71. The minimum atomic E-state index is -4.42. The van der Waals surface area contributed by atoms with E-state index in [0.717, 1.165) is 19.8 Å². The Morgan fingerprint density at radius 2 is 1.96 bits per heavy atom. The molecule has 2 unspecified atom stereocenters. The molecule has 0 saturated heterocycles. The van der Waals surface area contributed by atoms with Crippen LogP contribution < -0.4 is 15.4 Å². The highest BCUT2D eigenvalue weighted by molar-refractivity contribution is 5.75. The fourth-order valence-corrected chi connectivity index (χ4v) is 3.81. The third kappa shape index (κ3) is 4.24. The number of nitrogens with one attached hydrogen (secondary N) is 2. The summed E-state index contributed by atoms with van der Waals surface area (Å²) in [5.41, 5.74) is 1.18. The van der Waals surface area contributed by atoms with Gasteiger partial charge in [-0.1, -0.05) is 18.6 Å². The Balaban J connectivity index is 1.50. The summed E-state index contributed by atoms with van der Waals surface area (Å²) in [7, 11) is 0. The summed E-state index contributed by atoms with van der Waals surface area (Å²) in [6, 6.07) is 6.03. The van der Waals surface area contributed by atoms with Gasteiger partial charge in [0, 0.05) is 6.04 Å². The van der Waals surface area contributed by atoms with Gasteiger partial charge in [-0.25, -0.2) is 4.79 Å². The first-order chi connectivity index (χ1) is 12.2. The fourth-order valence-electron chi connectivity index (χ4n) is 3.81. The molecule has 2 saturated carbocycles. The first kappa shape index (κ1) is 18.9. The molecule has 0 aliphatic heterocycles. The van der Waals surface area contributed by atoms with E-state index in [0.29, 0.717) is 11.0 Å². The van der Waals surface area contributed by atoms with E-state index in [4.69, 9.17) is 4.74 Å². The van der Waals surface area contributed by atoms with Gasteiger partial charge >= 0.3 is 12.2 Å². The van der Waals surface area contributed by atoms with Crippen molar-refractivity contribution < 1.29 is 22.7 Å². The monoisotopic (exact) mass is 370 g/mol. The molecule has 1 spiro atoms. The molecule has 2 aliphatic carbocycles. The number of benzene rings is 1. The number of hydrogen-bond acceptors (Lipinski definition) is 2. The Hall–Kier alpha value is -1.92. The number of carbonyl (C=O) groups excluding carboxylic acids is 1. The van der Waals surface area contributed by atoms with Crippen LogP contribution in [0, 0.1) is 5.41 Å². The topological polar surface area (TPSA) is 50.4 Å². The number of amides is 2. The smallest absolute Gasteiger partial charge is 0.425 e. The van der Waals surface area contributed by atoms with Crippen LogP contribution >= 0.6 is 0 Å². The molecule has 2 aliphatic rings. The van der Waals surface area contributed by atoms with Gasteiger partial charge in [0.2, 0.25) is 0 Å². The number of halogens is 3. The molecule has 0 bridgehead atoms. The Labute approximate surface area is 151 Å². The minimum absolute atomic E-state index is 0.132. The van der Waals surface area contributed by atoms with Crippen molar-refractivity contribution in [2.24, 2.45) is 5.41 Å². The molecule has 26 heavy (non-hydrogen) atoms. The molecule has 0 heterocycles. The summed E-state index contributed by atoms with van der Waals surface area (Å²) in [4.78, 5) is 12.1. The Morgan fingerprint density at radius 3 is 2.54 bits per heavy atom. The van der Waals surface area contributed by atoms with Crippen LogP contribution in [0.25, 0.3) is 0 Å². The van der Waals surface area contributed by atoms with Gasteiger partial charge in [0.15, 0.2) is 6.10 Å². The van der Waals surface area contributed by atoms with Crippen molar-refractivity contribution in [3.63, 3.8) is 0 Å². The Morgan fingerprint density at radius 1 is 1.27 bits per heavy atom. The minimum Gasteiger partial charge on any atom is -0.481 e. The summed E-state index contributed by atoms with van der Waals surface area (Å²) >= 11 is 0. The standard InChI is InChI=1S/C19H25F3N2O2/c1-12(23-17(25)24-15-10-18(11-15)7-4-8-18)14-5-3-6-16(9-14)26-13(2)19(20,21)22/h3,5-6,9,12-13,15H,4,7-8,10-11H2,1-2H3,(H2,23,24,25). The number of ether oxygens (including phenoxy) is 1. The largest absolute Gasteiger partial charge is 0.481 e. The lowest BCUT2D eigenvalue weighted by molar-refractivity contribution is -0.189. The van der Waals surface area contributed by atoms with Gasteiger partial charge in [-0.05, 0) is 62.6 Å². The normalized spacial score (nSPS) is 21.3. The third-order valence-corrected chi connectivity index (χ3v) is 5.59. The summed E-state index contributed by atoms with van der Waals surface area (Å²) < 4.78 is 42.8. The lowest BCUT2D eigenvalue weighted by Gasteiger charge is -2.54. The summed E-state index contributed by atoms with van der Waals surface area (Å²) in [5.74, 6) is 0.132. The molecule has 144 valence electrons. The average molecular weight is 370 g/mol. The van der Waals surface area contributed by atoms with E-state index in [-0.39, 0.29) is 23.9 Å². The predicted molar refractivity (Wildman–Crippen MR) is 92.0 cm³/mol. The molecule has 2 fully saturated rings. The van der Waals surface area contributed by atoms with Gasteiger partial charge in [-0.3, -0.25) is 0 Å². The van der Waals surface area contributed by atoms with E-state index in [1.807, 2.05) is 0 Å². The van der Waals surface area contributed by atoms with Crippen LogP contribution in [-0.4, -0.2) is 24.4 Å². The van der Waals surface area contributed by atoms with Crippen molar-refractivity contribution in [3.8, 4) is 5.75 Å². The Kier molecular flexibility index (Phi) is 5.08. The van der Waals surface area contributed by atoms with E-state index >= 15 is 0 Å². The molecule has 2 N–H and O–H groups in total. The average Bonchev–Trinajstić information content (AvgIpc) is 2.47. The van der Waals surface area contributed by atoms with Gasteiger partial charge < -0.3 is 15.4 Å². The maximum absolute atomic E-state index is 12.6. The molecule has 0 radical (unpaired) electrons. The molecule has 1 aromatic rings. The molecule has 4 nitrogen and oxygen atoms in total. The van der Waals surface area contributed by atoms with E-state index in [2.05, 4.69) is 10.6 Å². The van der Waals surface area contributed by atoms with E-state index < -0.39 is 12.3 Å². The number of urea groups is 1. The van der Waals surface area contributed by atoms with Crippen LogP contribution in [0.2, 0.25) is 0 Å². The molecule has 2 amide bonds. The lowest BCUT2D eigenvalue weighted by Crippen LogP contribution is -2.55. The molecule has 7 heteroatoms. The molecular formula is C19H25F3N2O2. The van der Waals surface area contributed by atoms with Gasteiger partial charge in [-0.15, -0.1) is 0 Å². The number of rotatable bonds is 5. The second-order valence-corrected chi connectivity index (χ2v) is 7.67. The number of carbonyl (C=O) groups is 1. The highest BCUT2D eigenvalue weighted by atomic mass is 19.4. The molecule has 2 atom stereocenters. The first-order valence-corrected chi connectivity index (χ1v) is 9.07. The zero-order chi connectivity index (χ0) is 18.9. The highest BCUT2D eigenvalue weighted by Crippen LogP contribution is 2.55. The Bertz CT molecular complexity index is 650. The van der Waals surface area contributed by atoms with Crippen molar-refractivity contribution in [1.82, 2.24) is 10.6 Å². The quantitative estimate of drug-likeness (QED) is 0.789. The van der Waals surface area contributed by atoms with Crippen LogP contribution in [0.15, 0.2) is 24.3 Å². The maximum atomic E-state index is 12.6. The van der Waals surface area contributed by atoms with E-state index in [9.17, 15) is 18.0 Å². The van der Waals surface area contributed by atoms with Crippen molar-refractivity contribution in [1.29, 1.82) is 0 Å². The first-order valence-electron chi connectivity index (χ1n) is 9.07. The second kappa shape index (κ2) is 7.00. The van der Waals surface area contributed by atoms with Crippen LogP contribution in [-0.2, 0) is 0 Å². The van der Waals surface area contributed by atoms with Gasteiger partial charge in [0.25, 0.3) is 0 Å². The van der Waals surface area contributed by atoms with Crippen LogP contribution in [0.1, 0.15) is 57.6 Å². The van der Waals surface area contributed by atoms with Crippen LogP contribution in [0.5, 0.6) is 5.75 Å². The maximum Gasteiger partial charge on any atom is 0.425 e. The van der Waals surface area contributed by atoms with Crippen molar-refractivity contribution in [2.75, 3.05) is 0 Å². The molecule has 1 aromatic carbocycles. The zero-order valence-corrected chi connectivity index (χ0v) is 15.0. The molecule has 0 aromatic heterocycles. The van der Waals surface area contributed by atoms with Gasteiger partial charge in [0.1, 0.15) is 5.75 Å². The van der Waals surface area contributed by atoms with E-state index in [1.54, 1.807) is 19.1 Å². The van der Waals surface area contributed by atoms with Crippen molar-refractivity contribution in [3.05, 3.63) is 29.8 Å². The summed E-state index contributed by atoms with van der Waals surface area (Å²) in [6.07, 6.45) is -0.372. The van der Waals surface area contributed by atoms with Crippen LogP contribution in [0.3, 0.4) is 0 Å². The van der Waals surface area contributed by atoms with Gasteiger partial charge in [0.05, 0.1) is 6.04 Å². The third-order valence-electron chi connectivity index (χ3n) is 5.59. The number of hydrogen-bond donors (Lipinski definition) is 2. The van der Waals surface area contributed by atoms with Crippen molar-refractivity contribution in [2.45, 2.75) is 70.3 Å². The SMILES string of the molecule is CC(NC(=O)NC1CC2(CCC2)C1)c1cccc(OC(C)C(F)(F)F)c1. The second-order valence-electron chi connectivity index (χ2n) is 7.67. The summed E-state index contributed by atoms with van der Waals surface area (Å²) in [6.45, 7) is 2.76. The molecular weight excluding hydrogens is 345 g/mol. The molecule has 3 rings (SSSR count). The van der Waals surface area contributed by atoms with Crippen molar-refractivity contribution >= 4 is 6.03 Å². The van der Waals surface area contributed by atoms with Gasteiger partial charge in [-0.2, -0.15) is 13.2 Å². The summed E-state index contributed by atoms with van der Waals surface area (Å²) in [5, 5.41) is 5.82.